The molecule has 0 saturated carbocycles. The molecule has 4 nitrogen and oxygen atoms in total. The van der Waals surface area contributed by atoms with E-state index in [1.807, 2.05) is 66.7 Å². The number of allylic oxidation sites excluding steroid dienone is 6. The van der Waals surface area contributed by atoms with Crippen LogP contribution in [0.1, 0.15) is 11.5 Å². The third-order valence-electron chi connectivity index (χ3n) is 4.32. The van der Waals surface area contributed by atoms with E-state index in [1.54, 1.807) is 6.08 Å². The van der Waals surface area contributed by atoms with Crippen LogP contribution in [-0.4, -0.2) is 13.0 Å². The van der Waals surface area contributed by atoms with Crippen molar-refractivity contribution in [3.63, 3.8) is 0 Å². The Morgan fingerprint density at radius 3 is 2.35 bits per heavy atom. The van der Waals surface area contributed by atoms with Crippen LogP contribution in [0.4, 0.5) is 0 Å². The molecule has 2 aliphatic rings. The zero-order valence-corrected chi connectivity index (χ0v) is 17.0. The summed E-state index contributed by atoms with van der Waals surface area (Å²) < 4.78 is 35.5. The molecule has 2 aromatic carbocycles. The van der Waals surface area contributed by atoms with Gasteiger partial charge in [-0.25, -0.2) is 13.4 Å². The standard InChI is InChI=1S/C20H15NO3S.Na/c22-25(23,24)19-12-6-10-16(20(19)14-7-2-1-3-8-14)18-13-15-9-4-5-11-17(15)21-18;/h1-13,20H,(H,22,23,24);/q;+1/p-1. The molecule has 0 fully saturated rings. The van der Waals surface area contributed by atoms with E-state index in [4.69, 9.17) is 0 Å². The van der Waals surface area contributed by atoms with E-state index in [0.717, 1.165) is 16.1 Å². The molecule has 2 aromatic rings. The third kappa shape index (κ3) is 3.54. The summed E-state index contributed by atoms with van der Waals surface area (Å²) in [7, 11) is -4.58. The van der Waals surface area contributed by atoms with E-state index in [1.165, 1.54) is 6.08 Å². The fourth-order valence-corrected chi connectivity index (χ4v) is 4.01. The molecule has 0 saturated heterocycles. The maximum atomic E-state index is 11.8. The second-order valence-electron chi connectivity index (χ2n) is 5.88. The van der Waals surface area contributed by atoms with Gasteiger partial charge in [0.2, 0.25) is 0 Å². The topological polar surface area (TPSA) is 69.6 Å². The van der Waals surface area contributed by atoms with Gasteiger partial charge in [0.05, 0.1) is 11.1 Å². The second-order valence-corrected chi connectivity index (χ2v) is 7.26. The zero-order chi connectivity index (χ0) is 17.4. The smallest absolute Gasteiger partial charge is 0.744 e. The first-order chi connectivity index (χ1) is 12.0. The van der Waals surface area contributed by atoms with Gasteiger partial charge in [-0.15, -0.1) is 0 Å². The molecule has 0 N–H and O–H groups in total. The van der Waals surface area contributed by atoms with E-state index in [2.05, 4.69) is 4.99 Å². The van der Waals surface area contributed by atoms with Crippen molar-refractivity contribution in [3.8, 4) is 0 Å². The van der Waals surface area contributed by atoms with Gasteiger partial charge in [0.1, 0.15) is 10.1 Å². The maximum absolute atomic E-state index is 11.8. The Hall–Kier alpha value is -1.76. The van der Waals surface area contributed by atoms with Crippen LogP contribution < -0.4 is 40.1 Å². The number of hydrogen-bond donors (Lipinski definition) is 0. The number of hydrogen-bond acceptors (Lipinski definition) is 4. The van der Waals surface area contributed by atoms with Crippen LogP contribution in [0, 0.1) is 0 Å². The van der Waals surface area contributed by atoms with Crippen LogP contribution in [-0.2, 0) is 10.1 Å². The van der Waals surface area contributed by atoms with Gasteiger partial charge in [-0.05, 0) is 29.4 Å². The van der Waals surface area contributed by atoms with E-state index < -0.39 is 16.0 Å². The Bertz CT molecular complexity index is 1130. The van der Waals surface area contributed by atoms with Crippen molar-refractivity contribution in [2.45, 2.75) is 5.92 Å². The molecule has 4 rings (SSSR count). The molecule has 1 heterocycles. The van der Waals surface area contributed by atoms with Crippen molar-refractivity contribution in [2.75, 3.05) is 0 Å². The monoisotopic (exact) mass is 371 g/mol. The minimum absolute atomic E-state index is 0. The molecular weight excluding hydrogens is 357 g/mol. The number of para-hydroxylation sites is 1. The van der Waals surface area contributed by atoms with E-state index >= 15 is 0 Å². The Kier molecular flexibility index (Phi) is 5.46. The van der Waals surface area contributed by atoms with Gasteiger partial charge in [-0.1, -0.05) is 60.7 Å². The number of fused-ring (bicyclic) bond motifs is 1. The van der Waals surface area contributed by atoms with E-state index in [9.17, 15) is 13.0 Å². The Labute approximate surface area is 174 Å². The predicted molar refractivity (Wildman–Crippen MR) is 94.8 cm³/mol. The first-order valence-electron chi connectivity index (χ1n) is 7.83. The van der Waals surface area contributed by atoms with Crippen LogP contribution in [0.25, 0.3) is 6.08 Å². The molecule has 0 bridgehead atoms. The van der Waals surface area contributed by atoms with Crippen molar-refractivity contribution in [2.24, 2.45) is 4.99 Å². The summed E-state index contributed by atoms with van der Waals surface area (Å²) in [5.41, 5.74) is 2.14. The SMILES string of the molecule is O=S(=O)([O-])C1=CC=CC(=C2C=c3ccccc3=N2)C1c1ccccc1.[Na+]. The normalized spacial score (nSPS) is 21.1. The molecule has 0 amide bonds. The Balaban J connectivity index is 0.00000196. The van der Waals surface area contributed by atoms with Gasteiger partial charge in [0.15, 0.2) is 0 Å². The minimum atomic E-state index is -4.58. The summed E-state index contributed by atoms with van der Waals surface area (Å²) in [6.45, 7) is 0. The van der Waals surface area contributed by atoms with Gasteiger partial charge in [-0.3, -0.25) is 0 Å². The van der Waals surface area contributed by atoms with Crippen LogP contribution in [0.3, 0.4) is 0 Å². The van der Waals surface area contributed by atoms with Crippen molar-refractivity contribution < 1.29 is 42.5 Å². The number of benzene rings is 2. The van der Waals surface area contributed by atoms with Crippen molar-refractivity contribution in [3.05, 3.63) is 105 Å². The number of rotatable bonds is 2. The molecular formula is C20H14NNaO3S. The Morgan fingerprint density at radius 1 is 0.962 bits per heavy atom. The predicted octanol–water partition coefficient (Wildman–Crippen LogP) is -0.859. The largest absolute Gasteiger partial charge is 1.00 e. The third-order valence-corrected chi connectivity index (χ3v) is 5.27. The molecule has 1 aliphatic heterocycles. The molecule has 1 aliphatic carbocycles. The van der Waals surface area contributed by atoms with Crippen molar-refractivity contribution in [1.82, 2.24) is 0 Å². The van der Waals surface area contributed by atoms with Crippen molar-refractivity contribution in [1.29, 1.82) is 0 Å². The second kappa shape index (κ2) is 7.47. The first-order valence-corrected chi connectivity index (χ1v) is 9.24. The molecule has 26 heavy (non-hydrogen) atoms. The van der Waals surface area contributed by atoms with Crippen LogP contribution in [0.5, 0.6) is 0 Å². The van der Waals surface area contributed by atoms with Gasteiger partial charge < -0.3 is 4.55 Å². The molecule has 1 unspecified atom stereocenters. The van der Waals surface area contributed by atoms with Gasteiger partial charge in [0, 0.05) is 16.0 Å². The van der Waals surface area contributed by atoms with Gasteiger partial charge >= 0.3 is 29.6 Å². The quantitative estimate of drug-likeness (QED) is 0.510. The molecule has 6 heteroatoms. The summed E-state index contributed by atoms with van der Waals surface area (Å²) in [5, 5.41) is 1.82. The van der Waals surface area contributed by atoms with E-state index in [-0.39, 0.29) is 34.5 Å². The summed E-state index contributed by atoms with van der Waals surface area (Å²) in [6, 6.07) is 16.9. The zero-order valence-electron chi connectivity index (χ0n) is 14.2. The molecule has 1 atom stereocenters. The fourth-order valence-electron chi connectivity index (χ4n) is 3.21. The first kappa shape index (κ1) is 19.0. The molecule has 0 aromatic heterocycles. The molecule has 124 valence electrons. The van der Waals surface area contributed by atoms with Crippen LogP contribution in [0.15, 0.2) is 94.0 Å². The summed E-state index contributed by atoms with van der Waals surface area (Å²) in [5.74, 6) is -0.655. The van der Waals surface area contributed by atoms with E-state index in [0.29, 0.717) is 11.3 Å². The molecule has 0 radical (unpaired) electrons. The van der Waals surface area contributed by atoms with Gasteiger partial charge in [-0.2, -0.15) is 0 Å². The van der Waals surface area contributed by atoms with Crippen molar-refractivity contribution >= 4 is 16.2 Å². The summed E-state index contributed by atoms with van der Waals surface area (Å²) in [4.78, 5) is 4.47. The van der Waals surface area contributed by atoms with Gasteiger partial charge in [0.25, 0.3) is 0 Å². The summed E-state index contributed by atoms with van der Waals surface area (Å²) >= 11 is 0. The number of nitrogens with zero attached hydrogens (tertiary/aromatic N) is 1. The summed E-state index contributed by atoms with van der Waals surface area (Å²) in [6.07, 6.45) is 6.73. The minimum Gasteiger partial charge on any atom is -0.744 e. The average molecular weight is 371 g/mol. The Morgan fingerprint density at radius 2 is 1.65 bits per heavy atom. The molecule has 0 spiro atoms. The average Bonchev–Trinajstić information content (AvgIpc) is 3.05. The fraction of sp³-hybridized carbons (Fsp3) is 0.0500. The maximum Gasteiger partial charge on any atom is 1.00 e. The van der Waals surface area contributed by atoms with Crippen LogP contribution in [0.2, 0.25) is 0 Å². The van der Waals surface area contributed by atoms with Crippen LogP contribution >= 0.6 is 0 Å².